The summed E-state index contributed by atoms with van der Waals surface area (Å²) in [6.07, 6.45) is 3.73. The first-order valence-electron chi connectivity index (χ1n) is 7.65. The lowest BCUT2D eigenvalue weighted by Gasteiger charge is -2.28. The Morgan fingerprint density at radius 1 is 1.20 bits per heavy atom. The van der Waals surface area contributed by atoms with Gasteiger partial charge in [-0.05, 0) is 46.2 Å². The fourth-order valence-corrected chi connectivity index (χ4v) is 2.09. The highest BCUT2D eigenvalue weighted by Crippen LogP contribution is 2.25. The number of anilines is 2. The summed E-state index contributed by atoms with van der Waals surface area (Å²) in [5.41, 5.74) is 6.53. The van der Waals surface area contributed by atoms with E-state index in [1.165, 1.54) is 19.3 Å². The second-order valence-corrected chi connectivity index (χ2v) is 5.72. The molecule has 0 atom stereocenters. The minimum absolute atomic E-state index is 0.0765. The summed E-state index contributed by atoms with van der Waals surface area (Å²) in [5.74, 6) is 1.49. The SMILES string of the molecule is CCCCCN(c1ccc(N)c(OC(C)C)n1)C(C)C. The highest BCUT2D eigenvalue weighted by molar-refractivity contribution is 5.54. The molecule has 1 rings (SSSR count). The molecule has 0 spiro atoms. The standard InChI is InChI=1S/C16H29N3O/c1-6-7-8-11-19(12(2)3)15-10-9-14(17)16(18-15)20-13(4)5/h9-10,12-13H,6-8,11,17H2,1-5H3. The van der Waals surface area contributed by atoms with Crippen molar-refractivity contribution in [3.63, 3.8) is 0 Å². The van der Waals surface area contributed by atoms with Crippen LogP contribution in [0.4, 0.5) is 11.5 Å². The average Bonchev–Trinajstić information content (AvgIpc) is 2.37. The quantitative estimate of drug-likeness (QED) is 0.734. The van der Waals surface area contributed by atoms with Gasteiger partial charge in [-0.2, -0.15) is 4.98 Å². The van der Waals surface area contributed by atoms with E-state index < -0.39 is 0 Å². The molecule has 0 aliphatic carbocycles. The third-order valence-corrected chi connectivity index (χ3v) is 3.14. The minimum atomic E-state index is 0.0765. The first-order chi connectivity index (χ1) is 9.45. The Morgan fingerprint density at radius 3 is 2.45 bits per heavy atom. The van der Waals surface area contributed by atoms with E-state index in [9.17, 15) is 0 Å². The molecule has 1 aromatic heterocycles. The lowest BCUT2D eigenvalue weighted by atomic mass is 10.2. The van der Waals surface area contributed by atoms with Crippen molar-refractivity contribution in [3.8, 4) is 5.88 Å². The molecule has 0 aliphatic heterocycles. The van der Waals surface area contributed by atoms with Crippen LogP contribution in [0.5, 0.6) is 5.88 Å². The number of rotatable bonds is 8. The summed E-state index contributed by atoms with van der Waals surface area (Å²) in [6, 6.07) is 4.28. The van der Waals surface area contributed by atoms with Crippen LogP contribution in [-0.2, 0) is 0 Å². The summed E-state index contributed by atoms with van der Waals surface area (Å²) in [6.45, 7) is 11.6. The van der Waals surface area contributed by atoms with E-state index in [1.54, 1.807) is 0 Å². The van der Waals surface area contributed by atoms with Crippen molar-refractivity contribution in [1.29, 1.82) is 0 Å². The molecule has 4 heteroatoms. The van der Waals surface area contributed by atoms with E-state index in [0.29, 0.717) is 17.6 Å². The van der Waals surface area contributed by atoms with Crippen LogP contribution in [0.3, 0.4) is 0 Å². The van der Waals surface area contributed by atoms with Gasteiger partial charge in [-0.15, -0.1) is 0 Å². The molecule has 0 amide bonds. The molecule has 4 nitrogen and oxygen atoms in total. The van der Waals surface area contributed by atoms with Crippen molar-refractivity contribution in [2.24, 2.45) is 0 Å². The second-order valence-electron chi connectivity index (χ2n) is 5.72. The summed E-state index contributed by atoms with van der Waals surface area (Å²) in [5, 5.41) is 0. The van der Waals surface area contributed by atoms with Crippen molar-refractivity contribution in [2.75, 3.05) is 17.2 Å². The monoisotopic (exact) mass is 279 g/mol. The number of hydrogen-bond donors (Lipinski definition) is 1. The Balaban J connectivity index is 2.90. The number of pyridine rings is 1. The maximum Gasteiger partial charge on any atom is 0.239 e. The number of aromatic nitrogens is 1. The average molecular weight is 279 g/mol. The van der Waals surface area contributed by atoms with Gasteiger partial charge in [0, 0.05) is 12.6 Å². The van der Waals surface area contributed by atoms with Crippen molar-refractivity contribution >= 4 is 11.5 Å². The molecule has 0 fully saturated rings. The summed E-state index contributed by atoms with van der Waals surface area (Å²) < 4.78 is 5.68. The van der Waals surface area contributed by atoms with Gasteiger partial charge in [0.2, 0.25) is 5.88 Å². The Morgan fingerprint density at radius 2 is 1.90 bits per heavy atom. The number of unbranched alkanes of at least 4 members (excludes halogenated alkanes) is 2. The maximum atomic E-state index is 5.93. The zero-order chi connectivity index (χ0) is 15.1. The van der Waals surface area contributed by atoms with Crippen LogP contribution < -0.4 is 15.4 Å². The third kappa shape index (κ3) is 4.91. The molecule has 0 bridgehead atoms. The fraction of sp³-hybridized carbons (Fsp3) is 0.688. The number of nitrogens with zero attached hydrogens (tertiary/aromatic N) is 2. The predicted octanol–water partition coefficient (Wildman–Crippen LogP) is 3.86. The smallest absolute Gasteiger partial charge is 0.239 e. The Hall–Kier alpha value is -1.45. The van der Waals surface area contributed by atoms with Gasteiger partial charge in [0.1, 0.15) is 5.82 Å². The van der Waals surface area contributed by atoms with E-state index in [0.717, 1.165) is 12.4 Å². The Bertz CT molecular complexity index is 405. The third-order valence-electron chi connectivity index (χ3n) is 3.14. The molecule has 0 saturated carbocycles. The maximum absolute atomic E-state index is 5.93. The van der Waals surface area contributed by atoms with Crippen molar-refractivity contribution in [2.45, 2.75) is 66.0 Å². The minimum Gasteiger partial charge on any atom is -0.473 e. The van der Waals surface area contributed by atoms with Gasteiger partial charge in [0.05, 0.1) is 11.8 Å². The van der Waals surface area contributed by atoms with Gasteiger partial charge < -0.3 is 15.4 Å². The molecule has 1 aromatic rings. The molecule has 20 heavy (non-hydrogen) atoms. The number of nitrogen functional groups attached to an aromatic ring is 1. The van der Waals surface area contributed by atoms with Gasteiger partial charge in [-0.3, -0.25) is 0 Å². The lowest BCUT2D eigenvalue weighted by Crippen LogP contribution is -2.32. The first kappa shape index (κ1) is 16.6. The van der Waals surface area contributed by atoms with E-state index in [1.807, 2.05) is 26.0 Å². The molecule has 0 aromatic carbocycles. The number of nitrogens with two attached hydrogens (primary N) is 1. The molecule has 0 saturated heterocycles. The van der Waals surface area contributed by atoms with Crippen LogP contribution in [0.2, 0.25) is 0 Å². The Kier molecular flexibility index (Phi) is 6.62. The fourth-order valence-electron chi connectivity index (χ4n) is 2.09. The highest BCUT2D eigenvalue weighted by atomic mass is 16.5. The molecule has 2 N–H and O–H groups in total. The van der Waals surface area contributed by atoms with E-state index in [-0.39, 0.29) is 6.10 Å². The zero-order valence-electron chi connectivity index (χ0n) is 13.5. The van der Waals surface area contributed by atoms with Gasteiger partial charge in [0.25, 0.3) is 0 Å². The number of hydrogen-bond acceptors (Lipinski definition) is 4. The van der Waals surface area contributed by atoms with Crippen LogP contribution in [0.25, 0.3) is 0 Å². The lowest BCUT2D eigenvalue weighted by molar-refractivity contribution is 0.234. The number of ether oxygens (including phenoxy) is 1. The Labute approximate surface area is 123 Å². The summed E-state index contributed by atoms with van der Waals surface area (Å²) in [7, 11) is 0. The largest absolute Gasteiger partial charge is 0.473 e. The van der Waals surface area contributed by atoms with Crippen LogP contribution >= 0.6 is 0 Å². The molecular formula is C16H29N3O. The van der Waals surface area contributed by atoms with Gasteiger partial charge in [-0.25, -0.2) is 0 Å². The first-order valence-corrected chi connectivity index (χ1v) is 7.65. The normalized spacial score (nSPS) is 11.2. The van der Waals surface area contributed by atoms with Crippen LogP contribution in [-0.4, -0.2) is 23.7 Å². The molecule has 0 aliphatic rings. The molecular weight excluding hydrogens is 250 g/mol. The van der Waals surface area contributed by atoms with Crippen molar-refractivity contribution < 1.29 is 4.74 Å². The van der Waals surface area contributed by atoms with Crippen LogP contribution in [0.1, 0.15) is 53.9 Å². The van der Waals surface area contributed by atoms with E-state index in [2.05, 4.69) is 30.7 Å². The van der Waals surface area contributed by atoms with Gasteiger partial charge in [0.15, 0.2) is 0 Å². The van der Waals surface area contributed by atoms with Crippen LogP contribution in [0.15, 0.2) is 12.1 Å². The van der Waals surface area contributed by atoms with E-state index >= 15 is 0 Å². The predicted molar refractivity (Wildman–Crippen MR) is 86.4 cm³/mol. The van der Waals surface area contributed by atoms with Crippen molar-refractivity contribution in [3.05, 3.63) is 12.1 Å². The topological polar surface area (TPSA) is 51.4 Å². The summed E-state index contributed by atoms with van der Waals surface area (Å²) in [4.78, 5) is 6.90. The second kappa shape index (κ2) is 7.98. The molecule has 1 heterocycles. The highest BCUT2D eigenvalue weighted by Gasteiger charge is 2.14. The van der Waals surface area contributed by atoms with E-state index in [4.69, 9.17) is 10.5 Å². The van der Waals surface area contributed by atoms with Crippen LogP contribution in [0, 0.1) is 0 Å². The molecule has 0 unspecified atom stereocenters. The van der Waals surface area contributed by atoms with Gasteiger partial charge >= 0.3 is 0 Å². The zero-order valence-corrected chi connectivity index (χ0v) is 13.5. The molecule has 0 radical (unpaired) electrons. The summed E-state index contributed by atoms with van der Waals surface area (Å²) >= 11 is 0. The molecule has 114 valence electrons. The van der Waals surface area contributed by atoms with Gasteiger partial charge in [-0.1, -0.05) is 19.8 Å². The van der Waals surface area contributed by atoms with Crippen molar-refractivity contribution in [1.82, 2.24) is 4.98 Å².